The maximum absolute atomic E-state index is 11.8. The van der Waals surface area contributed by atoms with Gasteiger partial charge in [-0.2, -0.15) is 0 Å². The summed E-state index contributed by atoms with van der Waals surface area (Å²) in [5.41, 5.74) is 0. The van der Waals surface area contributed by atoms with Crippen molar-refractivity contribution in [2.75, 3.05) is 6.54 Å². The SMILES string of the molecule is CCCCCCCCCCCCCCCCCCNC(=O)CCCCCCCC(=O)O. The fraction of sp³-hybridized carbons (Fsp3) is 0.926. The van der Waals surface area contributed by atoms with E-state index in [0.29, 0.717) is 6.42 Å². The molecule has 1 amide bonds. The molecule has 0 spiro atoms. The van der Waals surface area contributed by atoms with Crippen LogP contribution in [-0.4, -0.2) is 23.5 Å². The molecule has 184 valence electrons. The number of hydrogen-bond acceptors (Lipinski definition) is 2. The number of carbonyl (C=O) groups excluding carboxylic acids is 1. The number of amides is 1. The van der Waals surface area contributed by atoms with Gasteiger partial charge in [-0.25, -0.2) is 0 Å². The highest BCUT2D eigenvalue weighted by atomic mass is 16.4. The molecule has 0 aromatic carbocycles. The van der Waals surface area contributed by atoms with Crippen LogP contribution in [0.2, 0.25) is 0 Å². The van der Waals surface area contributed by atoms with Crippen LogP contribution in [0.25, 0.3) is 0 Å². The summed E-state index contributed by atoms with van der Waals surface area (Å²) in [5.74, 6) is -0.542. The van der Waals surface area contributed by atoms with Gasteiger partial charge in [0.15, 0.2) is 0 Å². The number of carbonyl (C=O) groups is 2. The van der Waals surface area contributed by atoms with Gasteiger partial charge in [0.25, 0.3) is 0 Å². The molecule has 0 aliphatic rings. The zero-order valence-corrected chi connectivity index (χ0v) is 20.7. The molecule has 0 radical (unpaired) electrons. The van der Waals surface area contributed by atoms with Crippen LogP contribution in [0.1, 0.15) is 155 Å². The quantitative estimate of drug-likeness (QED) is 0.141. The Bertz CT molecular complexity index is 398. The van der Waals surface area contributed by atoms with Crippen molar-refractivity contribution in [1.29, 1.82) is 0 Å². The monoisotopic (exact) mass is 439 g/mol. The molecule has 0 aromatic rings. The maximum Gasteiger partial charge on any atom is 0.303 e. The lowest BCUT2D eigenvalue weighted by Gasteiger charge is -2.06. The molecule has 0 heterocycles. The highest BCUT2D eigenvalue weighted by Crippen LogP contribution is 2.13. The van der Waals surface area contributed by atoms with Crippen molar-refractivity contribution in [3.8, 4) is 0 Å². The summed E-state index contributed by atoms with van der Waals surface area (Å²) in [5, 5.41) is 11.6. The molecule has 0 fully saturated rings. The molecule has 2 N–H and O–H groups in total. The van der Waals surface area contributed by atoms with Crippen molar-refractivity contribution in [3.05, 3.63) is 0 Å². The summed E-state index contributed by atoms with van der Waals surface area (Å²) < 4.78 is 0. The summed E-state index contributed by atoms with van der Waals surface area (Å²) in [6.45, 7) is 3.09. The third-order valence-corrected chi connectivity index (χ3v) is 6.15. The Labute approximate surface area is 193 Å². The topological polar surface area (TPSA) is 66.4 Å². The second-order valence-electron chi connectivity index (χ2n) is 9.31. The largest absolute Gasteiger partial charge is 0.481 e. The standard InChI is InChI=1S/C27H53NO3/c1-2-3-4-5-6-7-8-9-10-11-12-13-14-15-19-22-25-28-26(29)23-20-17-16-18-21-24-27(30)31/h2-25H2,1H3,(H,28,29)(H,30,31). The highest BCUT2D eigenvalue weighted by Gasteiger charge is 2.01. The number of hydrogen-bond donors (Lipinski definition) is 2. The minimum absolute atomic E-state index is 0.173. The first-order valence-corrected chi connectivity index (χ1v) is 13.6. The third-order valence-electron chi connectivity index (χ3n) is 6.15. The summed E-state index contributed by atoms with van der Waals surface area (Å²) >= 11 is 0. The van der Waals surface area contributed by atoms with Crippen LogP contribution in [0, 0.1) is 0 Å². The highest BCUT2D eigenvalue weighted by molar-refractivity contribution is 5.75. The Hall–Kier alpha value is -1.06. The second kappa shape index (κ2) is 25.2. The van der Waals surface area contributed by atoms with Gasteiger partial charge in [-0.3, -0.25) is 9.59 Å². The van der Waals surface area contributed by atoms with Crippen molar-refractivity contribution < 1.29 is 14.7 Å². The van der Waals surface area contributed by atoms with E-state index < -0.39 is 5.97 Å². The van der Waals surface area contributed by atoms with Crippen molar-refractivity contribution >= 4 is 11.9 Å². The third kappa shape index (κ3) is 26.9. The minimum atomic E-state index is -0.714. The van der Waals surface area contributed by atoms with E-state index in [9.17, 15) is 9.59 Å². The van der Waals surface area contributed by atoms with E-state index in [1.165, 1.54) is 96.3 Å². The second-order valence-corrected chi connectivity index (χ2v) is 9.31. The lowest BCUT2D eigenvalue weighted by Crippen LogP contribution is -2.23. The summed E-state index contributed by atoms with van der Waals surface area (Å²) in [6.07, 6.45) is 27.5. The van der Waals surface area contributed by atoms with E-state index in [1.807, 2.05) is 0 Å². The molecule has 31 heavy (non-hydrogen) atoms. The average molecular weight is 440 g/mol. The Morgan fingerprint density at radius 3 is 1.29 bits per heavy atom. The molecule has 4 heteroatoms. The smallest absolute Gasteiger partial charge is 0.303 e. The molecular formula is C27H53NO3. The minimum Gasteiger partial charge on any atom is -0.481 e. The molecule has 0 aliphatic heterocycles. The first-order chi connectivity index (χ1) is 15.2. The average Bonchev–Trinajstić information content (AvgIpc) is 2.75. The van der Waals surface area contributed by atoms with Crippen LogP contribution in [0.5, 0.6) is 0 Å². The molecule has 0 saturated heterocycles. The lowest BCUT2D eigenvalue weighted by molar-refractivity contribution is -0.137. The zero-order valence-electron chi connectivity index (χ0n) is 20.7. The van der Waals surface area contributed by atoms with Gasteiger partial charge in [-0.05, 0) is 19.3 Å². The molecule has 0 saturated carbocycles. The van der Waals surface area contributed by atoms with Gasteiger partial charge in [-0.15, -0.1) is 0 Å². The van der Waals surface area contributed by atoms with Gasteiger partial charge in [0.05, 0.1) is 0 Å². The van der Waals surface area contributed by atoms with E-state index >= 15 is 0 Å². The van der Waals surface area contributed by atoms with Crippen LogP contribution in [0.4, 0.5) is 0 Å². The van der Waals surface area contributed by atoms with Crippen LogP contribution < -0.4 is 5.32 Å². The number of carboxylic acid groups (broad SMARTS) is 1. The Kier molecular flexibility index (Phi) is 24.3. The number of aliphatic carboxylic acids is 1. The Balaban J connectivity index is 3.14. The molecule has 0 rings (SSSR count). The number of carboxylic acids is 1. The lowest BCUT2D eigenvalue weighted by atomic mass is 10.0. The van der Waals surface area contributed by atoms with Gasteiger partial charge in [0.1, 0.15) is 0 Å². The first kappa shape index (κ1) is 29.9. The fourth-order valence-corrected chi connectivity index (χ4v) is 4.08. The molecule has 0 unspecified atom stereocenters. The Morgan fingerprint density at radius 1 is 0.516 bits per heavy atom. The number of rotatable bonds is 25. The van der Waals surface area contributed by atoms with Crippen LogP contribution in [0.15, 0.2) is 0 Å². The van der Waals surface area contributed by atoms with Gasteiger partial charge < -0.3 is 10.4 Å². The predicted octanol–water partition coefficient (Wildman–Crippen LogP) is 8.18. The maximum atomic E-state index is 11.8. The number of unbranched alkanes of at least 4 members (excludes halogenated alkanes) is 19. The summed E-state index contributed by atoms with van der Waals surface area (Å²) in [7, 11) is 0. The molecule has 0 atom stereocenters. The molecule has 0 aromatic heterocycles. The van der Waals surface area contributed by atoms with E-state index in [0.717, 1.165) is 45.1 Å². The first-order valence-electron chi connectivity index (χ1n) is 13.6. The summed E-state index contributed by atoms with van der Waals surface area (Å²) in [6, 6.07) is 0. The van der Waals surface area contributed by atoms with Crippen LogP contribution >= 0.6 is 0 Å². The summed E-state index contributed by atoms with van der Waals surface area (Å²) in [4.78, 5) is 22.2. The van der Waals surface area contributed by atoms with E-state index in [-0.39, 0.29) is 12.3 Å². The fourth-order valence-electron chi connectivity index (χ4n) is 4.08. The van der Waals surface area contributed by atoms with Gasteiger partial charge in [0.2, 0.25) is 5.91 Å². The molecule has 4 nitrogen and oxygen atoms in total. The van der Waals surface area contributed by atoms with Crippen LogP contribution in [0.3, 0.4) is 0 Å². The zero-order chi connectivity index (χ0) is 22.8. The molecule has 0 bridgehead atoms. The van der Waals surface area contributed by atoms with Gasteiger partial charge in [-0.1, -0.05) is 122 Å². The molecular weight excluding hydrogens is 386 g/mol. The predicted molar refractivity (Wildman–Crippen MR) is 133 cm³/mol. The van der Waals surface area contributed by atoms with E-state index in [2.05, 4.69) is 12.2 Å². The van der Waals surface area contributed by atoms with E-state index in [1.54, 1.807) is 0 Å². The van der Waals surface area contributed by atoms with Gasteiger partial charge in [0, 0.05) is 19.4 Å². The van der Waals surface area contributed by atoms with E-state index in [4.69, 9.17) is 5.11 Å². The van der Waals surface area contributed by atoms with Gasteiger partial charge >= 0.3 is 5.97 Å². The number of nitrogens with one attached hydrogen (secondary N) is 1. The van der Waals surface area contributed by atoms with Crippen LogP contribution in [-0.2, 0) is 9.59 Å². The van der Waals surface area contributed by atoms with Crippen molar-refractivity contribution in [3.63, 3.8) is 0 Å². The molecule has 0 aliphatic carbocycles. The van der Waals surface area contributed by atoms with Crippen molar-refractivity contribution in [2.24, 2.45) is 0 Å². The Morgan fingerprint density at radius 2 is 0.871 bits per heavy atom. The normalized spacial score (nSPS) is 11.0. The van der Waals surface area contributed by atoms with Crippen molar-refractivity contribution in [2.45, 2.75) is 155 Å². The van der Waals surface area contributed by atoms with Crippen molar-refractivity contribution in [1.82, 2.24) is 5.32 Å².